The van der Waals surface area contributed by atoms with Gasteiger partial charge in [-0.2, -0.15) is 0 Å². The van der Waals surface area contributed by atoms with E-state index in [0.717, 1.165) is 54.5 Å². The van der Waals surface area contributed by atoms with E-state index in [9.17, 15) is 24.1 Å². The first-order valence-corrected chi connectivity index (χ1v) is 14.8. The summed E-state index contributed by atoms with van der Waals surface area (Å²) in [5, 5.41) is 20.4. The average Bonchev–Trinajstić information content (AvgIpc) is 3.22. The number of likely N-dealkylation sites (tertiary alicyclic amines) is 1. The summed E-state index contributed by atoms with van der Waals surface area (Å²) in [6, 6.07) is 9.85. The number of hydrogen-bond acceptors (Lipinski definition) is 6. The van der Waals surface area contributed by atoms with Crippen LogP contribution in [-0.4, -0.2) is 51.1 Å². The summed E-state index contributed by atoms with van der Waals surface area (Å²) >= 11 is 0. The van der Waals surface area contributed by atoms with Crippen molar-refractivity contribution < 1.29 is 28.8 Å². The first-order chi connectivity index (χ1) is 19.8. The lowest BCUT2D eigenvalue weighted by Crippen LogP contribution is -2.46. The zero-order valence-electron chi connectivity index (χ0n) is 23.3. The highest BCUT2D eigenvalue weighted by atomic mass is 19.1. The smallest absolute Gasteiger partial charge is 0.455 e. The molecule has 3 fully saturated rings. The lowest BCUT2D eigenvalue weighted by atomic mass is 9.58. The van der Waals surface area contributed by atoms with Gasteiger partial charge in [-0.05, 0) is 98.3 Å². The van der Waals surface area contributed by atoms with Gasteiger partial charge in [0.2, 0.25) is 11.8 Å². The SMILES string of the molecule is CC1=C2[C@@H](CC/C(=C/c3ccc(O)c(F)c3)c3ccccn3)OB(O)C[C@@H]2[C@@H]2C(=O)N(C3CCCCC3)C(=O)[C@@H]2C1. The summed E-state index contributed by atoms with van der Waals surface area (Å²) in [6.07, 6.45) is 10.0. The second kappa shape index (κ2) is 11.5. The van der Waals surface area contributed by atoms with Crippen LogP contribution in [0.3, 0.4) is 0 Å². The molecule has 9 heteroatoms. The van der Waals surface area contributed by atoms with Gasteiger partial charge < -0.3 is 14.8 Å². The van der Waals surface area contributed by atoms with Gasteiger partial charge in [0.1, 0.15) is 0 Å². The number of pyridine rings is 1. The molecule has 2 aromatic rings. The highest BCUT2D eigenvalue weighted by Gasteiger charge is 2.57. The molecule has 1 aromatic heterocycles. The second-order valence-electron chi connectivity index (χ2n) is 12.0. The van der Waals surface area contributed by atoms with Crippen molar-refractivity contribution in [3.8, 4) is 5.75 Å². The molecule has 2 saturated heterocycles. The van der Waals surface area contributed by atoms with Gasteiger partial charge >= 0.3 is 7.12 Å². The van der Waals surface area contributed by atoms with Crippen LogP contribution in [0.1, 0.15) is 69.5 Å². The summed E-state index contributed by atoms with van der Waals surface area (Å²) in [5.74, 6) is -2.26. The maximum Gasteiger partial charge on any atom is 0.455 e. The van der Waals surface area contributed by atoms with Gasteiger partial charge in [-0.15, -0.1) is 0 Å². The van der Waals surface area contributed by atoms with Gasteiger partial charge in [0.15, 0.2) is 11.6 Å². The number of nitrogens with zero attached hydrogens (tertiary/aromatic N) is 2. The number of aromatic nitrogens is 1. The number of carbonyl (C=O) groups excluding carboxylic acids is 2. The summed E-state index contributed by atoms with van der Waals surface area (Å²) in [4.78, 5) is 33.5. The Labute approximate surface area is 240 Å². The lowest BCUT2D eigenvalue weighted by Gasteiger charge is -2.42. The molecular weight excluding hydrogens is 522 g/mol. The highest BCUT2D eigenvalue weighted by Crippen LogP contribution is 2.51. The van der Waals surface area contributed by atoms with E-state index in [-0.39, 0.29) is 29.7 Å². The second-order valence-corrected chi connectivity index (χ2v) is 12.0. The summed E-state index contributed by atoms with van der Waals surface area (Å²) in [6.45, 7) is 2.03. The number of benzene rings is 1. The molecule has 0 unspecified atom stereocenters. The van der Waals surface area contributed by atoms with Crippen molar-refractivity contribution in [2.24, 2.45) is 17.8 Å². The minimum Gasteiger partial charge on any atom is -0.505 e. The van der Waals surface area contributed by atoms with Crippen LogP contribution in [0.25, 0.3) is 11.6 Å². The third-order valence-corrected chi connectivity index (χ3v) is 9.41. The van der Waals surface area contributed by atoms with Crippen LogP contribution in [0.4, 0.5) is 4.39 Å². The van der Waals surface area contributed by atoms with E-state index in [0.29, 0.717) is 31.1 Å². The van der Waals surface area contributed by atoms with Gasteiger partial charge in [-0.25, -0.2) is 4.39 Å². The van der Waals surface area contributed by atoms with Crippen molar-refractivity contribution >= 4 is 30.6 Å². The van der Waals surface area contributed by atoms with Crippen molar-refractivity contribution in [3.63, 3.8) is 0 Å². The molecule has 2 aliphatic carbocycles. The molecule has 6 rings (SSSR count). The fourth-order valence-electron chi connectivity index (χ4n) is 7.57. The van der Waals surface area contributed by atoms with E-state index in [2.05, 4.69) is 4.98 Å². The summed E-state index contributed by atoms with van der Waals surface area (Å²) < 4.78 is 20.2. The Morgan fingerprint density at radius 3 is 2.68 bits per heavy atom. The molecule has 1 saturated carbocycles. The number of fused-ring (bicyclic) bond motifs is 3. The van der Waals surface area contributed by atoms with Gasteiger partial charge in [0.05, 0.1) is 23.6 Å². The van der Waals surface area contributed by atoms with Crippen LogP contribution in [0.5, 0.6) is 5.75 Å². The molecule has 214 valence electrons. The zero-order chi connectivity index (χ0) is 28.7. The van der Waals surface area contributed by atoms with E-state index < -0.39 is 30.7 Å². The minimum atomic E-state index is -1.03. The molecule has 0 radical (unpaired) electrons. The Bertz CT molecular complexity index is 1390. The molecule has 4 atom stereocenters. The first kappa shape index (κ1) is 27.9. The normalized spacial score (nSPS) is 27.3. The fourth-order valence-corrected chi connectivity index (χ4v) is 7.57. The third kappa shape index (κ3) is 5.37. The number of hydrogen-bond donors (Lipinski definition) is 2. The number of amides is 2. The van der Waals surface area contributed by atoms with Gasteiger partial charge in [0, 0.05) is 12.2 Å². The van der Waals surface area contributed by atoms with Crippen LogP contribution < -0.4 is 0 Å². The van der Waals surface area contributed by atoms with Crippen LogP contribution in [0.2, 0.25) is 6.32 Å². The molecule has 3 heterocycles. The highest BCUT2D eigenvalue weighted by molar-refractivity contribution is 6.43. The Morgan fingerprint density at radius 2 is 1.95 bits per heavy atom. The number of allylic oxidation sites excluding steroid dienone is 2. The quantitative estimate of drug-likeness (QED) is 0.280. The number of rotatable bonds is 6. The number of aromatic hydroxyl groups is 1. The minimum absolute atomic E-state index is 0.00512. The Kier molecular flexibility index (Phi) is 7.83. The maximum absolute atomic E-state index is 14.1. The molecule has 2 amide bonds. The number of phenols is 1. The first-order valence-electron chi connectivity index (χ1n) is 14.8. The van der Waals surface area contributed by atoms with E-state index in [4.69, 9.17) is 4.65 Å². The molecular formula is C32H36BFN2O5. The van der Waals surface area contributed by atoms with Crippen LogP contribution in [-0.2, 0) is 14.2 Å². The summed E-state index contributed by atoms with van der Waals surface area (Å²) in [5.41, 5.74) is 4.31. The van der Waals surface area contributed by atoms with Crippen molar-refractivity contribution in [2.75, 3.05) is 0 Å². The molecule has 41 heavy (non-hydrogen) atoms. The van der Waals surface area contributed by atoms with Crippen molar-refractivity contribution in [2.45, 2.75) is 76.8 Å². The summed E-state index contributed by atoms with van der Waals surface area (Å²) in [7, 11) is -1.03. The Hall–Kier alpha value is -3.30. The van der Waals surface area contributed by atoms with Crippen molar-refractivity contribution in [1.29, 1.82) is 0 Å². The van der Waals surface area contributed by atoms with Crippen LogP contribution in [0.15, 0.2) is 53.7 Å². The zero-order valence-corrected chi connectivity index (χ0v) is 23.3. The standard InChI is InChI=1S/C32H36BFN2O5/c1-19-15-23-30(32(39)36(31(23)38)22-7-3-2-4-8-22)24-18-33(40)41-28(29(19)24)13-11-21(26-9-5-6-14-35-26)16-20-10-12-27(37)25(34)17-20/h5-6,9-10,12,14,16-17,22-24,28,30,37,40H,2-4,7-8,11,13,15,18H2,1H3/b21-16-/t23-,24+,28-,30-/m1/s1. The molecule has 2 N–H and O–H groups in total. The number of phenolic OH excluding ortho intramolecular Hbond substituents is 1. The lowest BCUT2D eigenvalue weighted by molar-refractivity contribution is -0.143. The molecule has 4 aliphatic rings. The topological polar surface area (TPSA) is 100.0 Å². The maximum atomic E-state index is 14.1. The molecule has 2 aliphatic heterocycles. The van der Waals surface area contributed by atoms with E-state index in [1.54, 1.807) is 17.2 Å². The molecule has 7 nitrogen and oxygen atoms in total. The predicted molar refractivity (Wildman–Crippen MR) is 154 cm³/mol. The van der Waals surface area contributed by atoms with Gasteiger partial charge in [-0.3, -0.25) is 19.5 Å². The van der Waals surface area contributed by atoms with E-state index >= 15 is 0 Å². The average molecular weight is 558 g/mol. The van der Waals surface area contributed by atoms with Crippen LogP contribution >= 0.6 is 0 Å². The fraction of sp³-hybridized carbons (Fsp3) is 0.469. The Balaban J connectivity index is 1.27. The largest absolute Gasteiger partial charge is 0.505 e. The van der Waals surface area contributed by atoms with Crippen molar-refractivity contribution in [3.05, 3.63) is 70.8 Å². The predicted octanol–water partition coefficient (Wildman–Crippen LogP) is 5.40. The van der Waals surface area contributed by atoms with Gasteiger partial charge in [-0.1, -0.05) is 37.0 Å². The molecule has 0 bridgehead atoms. The number of halogens is 1. The molecule has 0 spiro atoms. The third-order valence-electron chi connectivity index (χ3n) is 9.41. The molecule has 1 aromatic carbocycles. The van der Waals surface area contributed by atoms with E-state index in [1.165, 1.54) is 12.1 Å². The van der Waals surface area contributed by atoms with Gasteiger partial charge in [0.25, 0.3) is 0 Å². The number of imide groups is 1. The van der Waals surface area contributed by atoms with Crippen LogP contribution in [0, 0.1) is 23.6 Å². The number of carbonyl (C=O) groups is 2. The monoisotopic (exact) mass is 558 g/mol. The van der Waals surface area contributed by atoms with E-state index in [1.807, 2.05) is 31.2 Å². The van der Waals surface area contributed by atoms with Crippen molar-refractivity contribution in [1.82, 2.24) is 9.88 Å². The Morgan fingerprint density at radius 1 is 1.15 bits per heavy atom.